The largest absolute Gasteiger partial charge is 0.494 e. The highest BCUT2D eigenvalue weighted by atomic mass is 16.5. The Morgan fingerprint density at radius 1 is 0.567 bits per heavy atom. The molecule has 1 fully saturated rings. The molecule has 0 atom stereocenters. The van der Waals surface area contributed by atoms with Crippen LogP contribution in [-0.4, -0.2) is 32.6 Å². The zero-order valence-electron chi connectivity index (χ0n) is 35.6. The molecule has 4 aromatic heterocycles. The molecule has 9 rings (SSSR count). The van der Waals surface area contributed by atoms with Gasteiger partial charge in [0.2, 0.25) is 0 Å². The van der Waals surface area contributed by atoms with E-state index < -0.39 is 0 Å². The molecule has 0 radical (unpaired) electrons. The lowest BCUT2D eigenvalue weighted by atomic mass is 9.87. The average Bonchev–Trinajstić information content (AvgIpc) is 3.26. The van der Waals surface area contributed by atoms with Crippen molar-refractivity contribution in [2.45, 2.75) is 98.0 Å². The van der Waals surface area contributed by atoms with Gasteiger partial charge < -0.3 is 15.2 Å². The Hall–Kier alpha value is -6.08. The first-order valence-corrected chi connectivity index (χ1v) is 21.8. The summed E-state index contributed by atoms with van der Waals surface area (Å²) in [6.07, 6.45) is 18.0. The number of hydrogen-bond acceptors (Lipinski definition) is 7. The average molecular weight is 796 g/mol. The van der Waals surface area contributed by atoms with E-state index in [4.69, 9.17) is 15.2 Å². The second kappa shape index (κ2) is 18.9. The van der Waals surface area contributed by atoms with Crippen molar-refractivity contribution < 1.29 is 9.47 Å². The highest BCUT2D eigenvalue weighted by Crippen LogP contribution is 2.30. The molecule has 7 nitrogen and oxygen atoms in total. The number of aryl methyl sites for hydroxylation is 6. The predicted octanol–water partition coefficient (Wildman–Crippen LogP) is 12.5. The van der Waals surface area contributed by atoms with E-state index in [1.165, 1.54) is 82.7 Å². The Labute approximate surface area is 354 Å². The van der Waals surface area contributed by atoms with Crippen molar-refractivity contribution >= 4 is 49.4 Å². The minimum atomic E-state index is 0.190. The first kappa shape index (κ1) is 40.7. The van der Waals surface area contributed by atoms with Crippen molar-refractivity contribution in [1.29, 1.82) is 0 Å². The fraction of sp³-hybridized carbons (Fsp3) is 0.321. The second-order valence-electron chi connectivity index (χ2n) is 16.9. The van der Waals surface area contributed by atoms with E-state index in [2.05, 4.69) is 119 Å². The molecule has 4 aromatic carbocycles. The van der Waals surface area contributed by atoms with Crippen LogP contribution in [0.2, 0.25) is 0 Å². The summed E-state index contributed by atoms with van der Waals surface area (Å²) in [5, 5.41) is 4.53. The molecule has 2 N–H and O–H groups in total. The summed E-state index contributed by atoms with van der Waals surface area (Å²) < 4.78 is 11.7. The standard InChI is InChI=1S/C29H32N2O.C24H25N3O/c1-21-7-14-26-27-18-24(19-30-29(27)20-31-28(26)17-21)9-8-23-10-12-25(13-11-23)32-16-15-22-5-3-2-4-6-22;1-15(2)28-19-9-7-17(8-10-19)5-6-18-13-21-20-11-4-16(3)12-22(20)27-24(25)23(21)26-14-18/h7,10-14,17-20,22H,2-6,8-9,15-16H2,1H3;4,7-15H,5-6H2,1-3H3,(H2,25,27). The minimum absolute atomic E-state index is 0.190. The molecular weight excluding hydrogens is 739 g/mol. The number of rotatable bonds is 12. The highest BCUT2D eigenvalue weighted by Gasteiger charge is 2.14. The molecule has 7 heteroatoms. The van der Waals surface area contributed by atoms with Crippen molar-refractivity contribution in [1.82, 2.24) is 19.9 Å². The molecule has 1 aliphatic carbocycles. The Balaban J connectivity index is 0.000000168. The molecule has 0 bridgehead atoms. The van der Waals surface area contributed by atoms with Gasteiger partial charge >= 0.3 is 0 Å². The number of nitrogen functional groups attached to an aromatic ring is 1. The van der Waals surface area contributed by atoms with Gasteiger partial charge in [0.15, 0.2) is 5.82 Å². The van der Waals surface area contributed by atoms with Gasteiger partial charge in [-0.05, 0) is 148 Å². The number of fused-ring (bicyclic) bond motifs is 6. The van der Waals surface area contributed by atoms with E-state index in [0.717, 1.165) is 82.5 Å². The number of nitrogens with two attached hydrogens (primary N) is 1. The minimum Gasteiger partial charge on any atom is -0.494 e. The van der Waals surface area contributed by atoms with Gasteiger partial charge in [-0.2, -0.15) is 0 Å². The molecule has 4 heterocycles. The van der Waals surface area contributed by atoms with Crippen molar-refractivity contribution in [3.8, 4) is 11.5 Å². The Bertz CT molecular complexity index is 2700. The molecule has 0 aliphatic heterocycles. The maximum absolute atomic E-state index is 6.15. The van der Waals surface area contributed by atoms with Crippen LogP contribution in [0.25, 0.3) is 43.6 Å². The number of pyridine rings is 4. The fourth-order valence-corrected chi connectivity index (χ4v) is 8.44. The molecule has 0 unspecified atom stereocenters. The molecule has 1 aliphatic rings. The number of nitrogens with zero attached hydrogens (tertiary/aromatic N) is 4. The smallest absolute Gasteiger partial charge is 0.150 e. The normalized spacial score (nSPS) is 13.2. The van der Waals surface area contributed by atoms with E-state index in [9.17, 15) is 0 Å². The van der Waals surface area contributed by atoms with Crippen LogP contribution in [0.3, 0.4) is 0 Å². The van der Waals surface area contributed by atoms with Gasteiger partial charge in [-0.15, -0.1) is 0 Å². The van der Waals surface area contributed by atoms with Crippen LogP contribution in [0.1, 0.15) is 85.8 Å². The number of aromatic nitrogens is 4. The summed E-state index contributed by atoms with van der Waals surface area (Å²) in [6, 6.07) is 34.2. The van der Waals surface area contributed by atoms with Gasteiger partial charge in [0.05, 0.1) is 35.5 Å². The van der Waals surface area contributed by atoms with Crippen LogP contribution in [0.5, 0.6) is 11.5 Å². The van der Waals surface area contributed by atoms with Gasteiger partial charge in [-0.1, -0.05) is 80.6 Å². The lowest BCUT2D eigenvalue weighted by Crippen LogP contribution is -2.10. The molecule has 0 saturated heterocycles. The number of anilines is 1. The summed E-state index contributed by atoms with van der Waals surface area (Å²) in [4.78, 5) is 18.4. The third kappa shape index (κ3) is 10.2. The van der Waals surface area contributed by atoms with Crippen molar-refractivity contribution in [2.75, 3.05) is 12.3 Å². The van der Waals surface area contributed by atoms with E-state index in [1.54, 1.807) is 0 Å². The summed E-state index contributed by atoms with van der Waals surface area (Å²) in [5.74, 6) is 3.26. The first-order chi connectivity index (χ1) is 29.2. The monoisotopic (exact) mass is 795 g/mol. The molecule has 60 heavy (non-hydrogen) atoms. The molecule has 8 aromatic rings. The quantitative estimate of drug-likeness (QED) is 0.123. The Morgan fingerprint density at radius 2 is 1.13 bits per heavy atom. The van der Waals surface area contributed by atoms with Crippen LogP contribution in [0, 0.1) is 19.8 Å². The third-order valence-electron chi connectivity index (χ3n) is 11.8. The fourth-order valence-electron chi connectivity index (χ4n) is 8.44. The van der Waals surface area contributed by atoms with Crippen LogP contribution in [-0.2, 0) is 25.7 Å². The summed E-state index contributed by atoms with van der Waals surface area (Å²) in [6.45, 7) is 9.08. The molecule has 306 valence electrons. The number of benzene rings is 4. The van der Waals surface area contributed by atoms with E-state index in [0.29, 0.717) is 5.82 Å². The van der Waals surface area contributed by atoms with E-state index in [1.807, 2.05) is 44.6 Å². The number of hydrogen-bond donors (Lipinski definition) is 1. The zero-order chi connectivity index (χ0) is 41.4. The number of ether oxygens (including phenoxy) is 2. The predicted molar refractivity (Wildman–Crippen MR) is 248 cm³/mol. The lowest BCUT2D eigenvalue weighted by Gasteiger charge is -2.21. The van der Waals surface area contributed by atoms with Gasteiger partial charge in [0.1, 0.15) is 17.0 Å². The molecule has 1 saturated carbocycles. The summed E-state index contributed by atoms with van der Waals surface area (Å²) in [5.41, 5.74) is 17.3. The van der Waals surface area contributed by atoms with Crippen LogP contribution >= 0.6 is 0 Å². The molecule has 0 amide bonds. The van der Waals surface area contributed by atoms with E-state index >= 15 is 0 Å². The first-order valence-electron chi connectivity index (χ1n) is 21.8. The highest BCUT2D eigenvalue weighted by molar-refractivity contribution is 6.08. The maximum atomic E-state index is 6.15. The Kier molecular flexibility index (Phi) is 12.8. The van der Waals surface area contributed by atoms with Crippen LogP contribution < -0.4 is 15.2 Å². The lowest BCUT2D eigenvalue weighted by molar-refractivity contribution is 0.242. The summed E-state index contributed by atoms with van der Waals surface area (Å²) >= 11 is 0. The van der Waals surface area contributed by atoms with Gasteiger partial charge in [-0.25, -0.2) is 4.98 Å². The second-order valence-corrected chi connectivity index (χ2v) is 16.9. The van der Waals surface area contributed by atoms with Crippen molar-refractivity contribution in [3.63, 3.8) is 0 Å². The van der Waals surface area contributed by atoms with Crippen molar-refractivity contribution in [2.24, 2.45) is 5.92 Å². The van der Waals surface area contributed by atoms with Crippen LogP contribution in [0.15, 0.2) is 116 Å². The third-order valence-corrected chi connectivity index (χ3v) is 11.8. The summed E-state index contributed by atoms with van der Waals surface area (Å²) in [7, 11) is 0. The van der Waals surface area contributed by atoms with E-state index in [-0.39, 0.29) is 6.10 Å². The van der Waals surface area contributed by atoms with Crippen LogP contribution in [0.4, 0.5) is 5.82 Å². The van der Waals surface area contributed by atoms with Gasteiger partial charge in [0.25, 0.3) is 0 Å². The van der Waals surface area contributed by atoms with Crippen molar-refractivity contribution in [3.05, 3.63) is 149 Å². The maximum Gasteiger partial charge on any atom is 0.150 e. The van der Waals surface area contributed by atoms with Gasteiger partial charge in [0, 0.05) is 33.9 Å². The molecular formula is C53H57N5O2. The zero-order valence-corrected chi connectivity index (χ0v) is 35.6. The Morgan fingerprint density at radius 3 is 1.80 bits per heavy atom. The van der Waals surface area contributed by atoms with Gasteiger partial charge in [-0.3, -0.25) is 15.0 Å². The molecule has 0 spiro atoms. The SMILES string of the molecule is Cc1ccc2c(c1)nc(N)c1ncc(CCc3ccc(OC(C)C)cc3)cc12.Cc1ccc2c(c1)ncc1ncc(CCc3ccc(OCCC4CCCCC4)cc3)cc12. The topological polar surface area (TPSA) is 96.0 Å².